The van der Waals surface area contributed by atoms with Crippen LogP contribution in [0, 0.1) is 5.92 Å². The smallest absolute Gasteiger partial charge is 0.458 e. The lowest BCUT2D eigenvalue weighted by molar-refractivity contribution is -0.155. The molecule has 5 atom stereocenters. The molecule has 0 spiro atoms. The summed E-state index contributed by atoms with van der Waals surface area (Å²) in [6, 6.07) is -1.01. The van der Waals surface area contributed by atoms with E-state index in [9.17, 15) is 19.2 Å². The van der Waals surface area contributed by atoms with Gasteiger partial charge in [0.1, 0.15) is 17.8 Å². The molecule has 172 valence electrons. The summed E-state index contributed by atoms with van der Waals surface area (Å²) in [6.45, 7) is 9.79. The highest BCUT2D eigenvalue weighted by Gasteiger charge is 2.52. The van der Waals surface area contributed by atoms with E-state index in [4.69, 9.17) is 14.2 Å². The van der Waals surface area contributed by atoms with Gasteiger partial charge in [0.25, 0.3) is 0 Å². The maximum atomic E-state index is 12.4. The van der Waals surface area contributed by atoms with E-state index in [0.717, 1.165) is 6.42 Å². The molecule has 1 unspecified atom stereocenters. The lowest BCUT2D eigenvalue weighted by Gasteiger charge is -2.33. The van der Waals surface area contributed by atoms with E-state index in [-0.39, 0.29) is 12.3 Å². The molecule has 0 saturated heterocycles. The van der Waals surface area contributed by atoms with Gasteiger partial charge in [-0.3, -0.25) is 9.59 Å². The van der Waals surface area contributed by atoms with Crippen molar-refractivity contribution < 1.29 is 38.1 Å². The highest BCUT2D eigenvalue weighted by Crippen LogP contribution is 2.36. The van der Waals surface area contributed by atoms with Crippen molar-refractivity contribution in [2.45, 2.75) is 90.7 Å². The van der Waals surface area contributed by atoms with Gasteiger partial charge >= 0.3 is 18.2 Å². The second kappa shape index (κ2) is 11.0. The highest BCUT2D eigenvalue weighted by molar-refractivity contribution is 5.73. The van der Waals surface area contributed by atoms with E-state index in [1.54, 1.807) is 20.8 Å². The Morgan fingerprint density at radius 2 is 1.73 bits per heavy atom. The Labute approximate surface area is 177 Å². The predicted octanol–water partition coefficient (Wildman–Crippen LogP) is 2.29. The van der Waals surface area contributed by atoms with Gasteiger partial charge in [0.05, 0.1) is 7.11 Å². The molecular formula is C20H34N2O8. The van der Waals surface area contributed by atoms with Crippen LogP contribution in [0.1, 0.15) is 60.8 Å². The van der Waals surface area contributed by atoms with Crippen LogP contribution in [0.3, 0.4) is 0 Å². The summed E-state index contributed by atoms with van der Waals surface area (Å²) in [6.07, 6.45) is -1.87. The summed E-state index contributed by atoms with van der Waals surface area (Å²) in [4.78, 5) is 47.7. The minimum absolute atomic E-state index is 0.163. The third-order valence-corrected chi connectivity index (χ3v) is 4.57. The molecule has 2 N–H and O–H groups in total. The molecule has 1 aliphatic rings. The molecule has 1 fully saturated rings. The number of rotatable bonds is 7. The van der Waals surface area contributed by atoms with Crippen LogP contribution >= 0.6 is 0 Å². The number of methoxy groups -OCH3 is 1. The minimum atomic E-state index is -0.930. The van der Waals surface area contributed by atoms with Gasteiger partial charge in [-0.1, -0.05) is 13.3 Å². The Morgan fingerprint density at radius 1 is 1.10 bits per heavy atom. The largest absolute Gasteiger partial charge is 0.508 e. The normalized spacial score (nSPS) is 24.4. The SMILES string of the molecule is CCCC(NC(C)=O)[C@H]1[C@@H](OC(C)=O)[C@H](OC(=O)OC)C[C@H]1NC(=O)OC(C)(C)C. The number of nitrogens with one attached hydrogen (secondary N) is 2. The van der Waals surface area contributed by atoms with E-state index in [1.165, 1.54) is 21.0 Å². The van der Waals surface area contributed by atoms with Crippen LogP contribution in [0.15, 0.2) is 0 Å². The molecule has 30 heavy (non-hydrogen) atoms. The number of carbonyl (C=O) groups excluding carboxylic acids is 4. The quantitative estimate of drug-likeness (QED) is 0.465. The molecule has 1 aliphatic carbocycles. The van der Waals surface area contributed by atoms with Gasteiger partial charge in [-0.25, -0.2) is 9.59 Å². The first-order chi connectivity index (χ1) is 13.9. The van der Waals surface area contributed by atoms with Crippen LogP contribution in [0.2, 0.25) is 0 Å². The predicted molar refractivity (Wildman–Crippen MR) is 107 cm³/mol. The number of carbonyl (C=O) groups is 4. The Hall–Kier alpha value is -2.52. The van der Waals surface area contributed by atoms with Gasteiger partial charge in [-0.15, -0.1) is 0 Å². The fourth-order valence-corrected chi connectivity index (χ4v) is 3.71. The first kappa shape index (κ1) is 25.5. The monoisotopic (exact) mass is 430 g/mol. The first-order valence-corrected chi connectivity index (χ1v) is 10.1. The van der Waals surface area contributed by atoms with Gasteiger partial charge < -0.3 is 29.6 Å². The van der Waals surface area contributed by atoms with E-state index >= 15 is 0 Å². The van der Waals surface area contributed by atoms with Gasteiger partial charge in [-0.05, 0) is 27.2 Å². The van der Waals surface area contributed by atoms with Crippen molar-refractivity contribution in [1.29, 1.82) is 0 Å². The van der Waals surface area contributed by atoms with Crippen molar-refractivity contribution in [3.63, 3.8) is 0 Å². The molecular weight excluding hydrogens is 396 g/mol. The summed E-state index contributed by atoms with van der Waals surface area (Å²) >= 11 is 0. The van der Waals surface area contributed by atoms with Crippen molar-refractivity contribution in [3.8, 4) is 0 Å². The summed E-state index contributed by atoms with van der Waals surface area (Å²) < 4.78 is 20.7. The summed E-state index contributed by atoms with van der Waals surface area (Å²) in [5.74, 6) is -1.37. The lowest BCUT2D eigenvalue weighted by atomic mass is 9.89. The van der Waals surface area contributed by atoms with Crippen molar-refractivity contribution in [2.24, 2.45) is 5.92 Å². The number of hydrogen-bond donors (Lipinski definition) is 2. The van der Waals surface area contributed by atoms with Crippen LogP contribution in [0.4, 0.5) is 9.59 Å². The number of amides is 2. The Kier molecular flexibility index (Phi) is 9.38. The average molecular weight is 430 g/mol. The summed E-state index contributed by atoms with van der Waals surface area (Å²) in [5.41, 5.74) is -0.712. The van der Waals surface area contributed by atoms with Crippen molar-refractivity contribution in [2.75, 3.05) is 7.11 Å². The molecule has 0 aromatic rings. The number of ether oxygens (including phenoxy) is 4. The fourth-order valence-electron chi connectivity index (χ4n) is 3.71. The van der Waals surface area contributed by atoms with E-state index in [0.29, 0.717) is 6.42 Å². The summed E-state index contributed by atoms with van der Waals surface area (Å²) in [7, 11) is 1.17. The molecule has 1 rings (SSSR count). The third-order valence-electron chi connectivity index (χ3n) is 4.57. The topological polar surface area (TPSA) is 129 Å². The zero-order chi connectivity index (χ0) is 23.1. The van der Waals surface area contributed by atoms with Crippen molar-refractivity contribution >= 4 is 24.1 Å². The molecule has 0 heterocycles. The maximum absolute atomic E-state index is 12.4. The molecule has 0 radical (unpaired) electrons. The van der Waals surface area contributed by atoms with Gasteiger partial charge in [-0.2, -0.15) is 0 Å². The second-order valence-electron chi connectivity index (χ2n) is 8.35. The standard InChI is InChI=1S/C20H34N2O8/c1-8-9-13(21-11(2)23)16-14(22-18(25)30-20(4,5)6)10-15(29-19(26)27-7)17(16)28-12(3)24/h13-17H,8-10H2,1-7H3,(H,21,23)(H,22,25)/t13?,14-,15-,16-,17+/m1/s1. The zero-order valence-corrected chi connectivity index (χ0v) is 18.8. The zero-order valence-electron chi connectivity index (χ0n) is 18.8. The molecule has 0 aromatic carbocycles. The number of esters is 1. The van der Waals surface area contributed by atoms with Crippen molar-refractivity contribution in [1.82, 2.24) is 10.6 Å². The molecule has 0 aliphatic heterocycles. The average Bonchev–Trinajstić information content (AvgIpc) is 2.88. The van der Waals surface area contributed by atoms with Crippen LogP contribution in [-0.4, -0.2) is 61.1 Å². The lowest BCUT2D eigenvalue weighted by Crippen LogP contribution is -2.52. The van der Waals surface area contributed by atoms with E-state index < -0.39 is 54.0 Å². The van der Waals surface area contributed by atoms with E-state index in [1.807, 2.05) is 6.92 Å². The molecule has 0 bridgehead atoms. The Morgan fingerprint density at radius 3 is 2.20 bits per heavy atom. The molecule has 10 heteroatoms. The van der Waals surface area contributed by atoms with Crippen LogP contribution in [0.5, 0.6) is 0 Å². The van der Waals surface area contributed by atoms with Gasteiger partial charge in [0, 0.05) is 38.3 Å². The van der Waals surface area contributed by atoms with Gasteiger partial charge in [0.2, 0.25) is 5.91 Å². The van der Waals surface area contributed by atoms with Crippen molar-refractivity contribution in [3.05, 3.63) is 0 Å². The minimum Gasteiger partial charge on any atom is -0.458 e. The third kappa shape index (κ3) is 8.08. The second-order valence-corrected chi connectivity index (χ2v) is 8.35. The van der Waals surface area contributed by atoms with Crippen LogP contribution in [0.25, 0.3) is 0 Å². The Balaban J connectivity index is 3.26. The summed E-state index contributed by atoms with van der Waals surface area (Å²) in [5, 5.41) is 5.66. The molecule has 1 saturated carbocycles. The van der Waals surface area contributed by atoms with Gasteiger partial charge in [0.15, 0.2) is 0 Å². The van der Waals surface area contributed by atoms with Crippen LogP contribution < -0.4 is 10.6 Å². The number of hydrogen-bond acceptors (Lipinski definition) is 8. The molecule has 0 aromatic heterocycles. The first-order valence-electron chi connectivity index (χ1n) is 10.1. The van der Waals surface area contributed by atoms with E-state index in [2.05, 4.69) is 15.4 Å². The fraction of sp³-hybridized carbons (Fsp3) is 0.800. The highest BCUT2D eigenvalue weighted by atomic mass is 16.7. The maximum Gasteiger partial charge on any atom is 0.508 e. The Bertz CT molecular complexity index is 631. The number of alkyl carbamates (subject to hydrolysis) is 1. The van der Waals surface area contributed by atoms with Crippen LogP contribution in [-0.2, 0) is 28.5 Å². The molecule has 10 nitrogen and oxygen atoms in total. The molecule has 2 amide bonds.